The molecule has 7 atom stereocenters. The minimum Gasteiger partial charge on any atom is -0.463 e. The molecule has 1 spiro atoms. The third kappa shape index (κ3) is 2.57. The van der Waals surface area contributed by atoms with Gasteiger partial charge in [0.1, 0.15) is 11.9 Å². The molecule has 0 radical (unpaired) electrons. The van der Waals surface area contributed by atoms with E-state index in [0.717, 1.165) is 38.5 Å². The minimum atomic E-state index is -0.393. The summed E-state index contributed by atoms with van der Waals surface area (Å²) >= 11 is 0. The molecule has 1 aliphatic heterocycles. The Morgan fingerprint density at radius 2 is 1.81 bits per heavy atom. The first-order valence-corrected chi connectivity index (χ1v) is 10.9. The van der Waals surface area contributed by atoms with E-state index >= 15 is 0 Å². The summed E-state index contributed by atoms with van der Waals surface area (Å²) in [5.41, 5.74) is 0.0483. The number of carbonyl (C=O) groups excluding carboxylic acids is 2. The van der Waals surface area contributed by atoms with Crippen molar-refractivity contribution < 1.29 is 23.8 Å². The summed E-state index contributed by atoms with van der Waals surface area (Å²) in [6.45, 7) is 5.24. The number of hydrogen-bond acceptors (Lipinski definition) is 5. The van der Waals surface area contributed by atoms with Gasteiger partial charge in [-0.05, 0) is 62.2 Å². The Labute approximate surface area is 161 Å². The Balaban J connectivity index is 1.37. The third-order valence-corrected chi connectivity index (χ3v) is 8.88. The van der Waals surface area contributed by atoms with Gasteiger partial charge in [0.15, 0.2) is 5.79 Å². The number of carbonyl (C=O) groups is 2. The lowest BCUT2D eigenvalue weighted by atomic mass is 9.49. The Kier molecular flexibility index (Phi) is 4.21. The van der Waals surface area contributed by atoms with Crippen LogP contribution in [0.4, 0.5) is 0 Å². The molecule has 5 heteroatoms. The summed E-state index contributed by atoms with van der Waals surface area (Å²) in [7, 11) is 0. The number of rotatable bonds is 1. The van der Waals surface area contributed by atoms with Gasteiger partial charge in [-0.1, -0.05) is 6.92 Å². The zero-order chi connectivity index (χ0) is 18.8. The van der Waals surface area contributed by atoms with Crippen molar-refractivity contribution in [1.29, 1.82) is 0 Å². The van der Waals surface area contributed by atoms with E-state index in [1.54, 1.807) is 0 Å². The summed E-state index contributed by atoms with van der Waals surface area (Å²) in [6.07, 6.45) is 7.74. The Bertz CT molecular complexity index is 639. The van der Waals surface area contributed by atoms with Crippen LogP contribution >= 0.6 is 0 Å². The molecular formula is C22H32O5. The van der Waals surface area contributed by atoms with Crippen molar-refractivity contribution in [2.24, 2.45) is 35.0 Å². The van der Waals surface area contributed by atoms with E-state index in [4.69, 9.17) is 14.2 Å². The standard InChI is InChI=1S/C22H32O5/c1-13(23)27-14-3-4-15-16-5-7-21(2)19(6-8-22(21)25-9-10-26-22)17(16)12-20(24)18(15)11-14/h14-19H,3-12H2,1-2H3/t14-,15+,16+,17+,18-,19-,21-/m0/s1. The fourth-order valence-electron chi connectivity index (χ4n) is 7.79. The molecule has 150 valence electrons. The molecule has 5 rings (SSSR count). The van der Waals surface area contributed by atoms with E-state index in [1.807, 2.05) is 0 Å². The number of Topliss-reactive ketones (excluding diaryl/α,β-unsaturated/α-hetero) is 1. The van der Waals surface area contributed by atoms with Crippen LogP contribution < -0.4 is 0 Å². The highest BCUT2D eigenvalue weighted by molar-refractivity contribution is 5.83. The molecule has 4 saturated carbocycles. The van der Waals surface area contributed by atoms with E-state index in [0.29, 0.717) is 49.1 Å². The molecule has 5 nitrogen and oxygen atoms in total. The number of esters is 1. The molecule has 1 heterocycles. The molecule has 0 amide bonds. The van der Waals surface area contributed by atoms with Gasteiger partial charge < -0.3 is 14.2 Å². The monoisotopic (exact) mass is 376 g/mol. The molecule has 0 bridgehead atoms. The summed E-state index contributed by atoms with van der Waals surface area (Å²) in [4.78, 5) is 24.5. The maximum absolute atomic E-state index is 13.1. The molecule has 5 aliphatic rings. The normalized spacial score (nSPS) is 48.0. The molecule has 0 aromatic heterocycles. The molecular weight excluding hydrogens is 344 g/mol. The molecule has 0 unspecified atom stereocenters. The van der Waals surface area contributed by atoms with Crippen LogP contribution in [-0.2, 0) is 23.8 Å². The highest BCUT2D eigenvalue weighted by Gasteiger charge is 2.66. The van der Waals surface area contributed by atoms with E-state index in [-0.39, 0.29) is 23.4 Å². The average molecular weight is 376 g/mol. The van der Waals surface area contributed by atoms with Crippen molar-refractivity contribution in [2.45, 2.75) is 77.1 Å². The quantitative estimate of drug-likeness (QED) is 0.656. The highest BCUT2D eigenvalue weighted by Crippen LogP contribution is 2.66. The van der Waals surface area contributed by atoms with Crippen molar-refractivity contribution in [3.05, 3.63) is 0 Å². The van der Waals surface area contributed by atoms with Crippen molar-refractivity contribution >= 4 is 11.8 Å². The zero-order valence-electron chi connectivity index (χ0n) is 16.6. The molecule has 27 heavy (non-hydrogen) atoms. The first kappa shape index (κ1) is 18.1. The predicted molar refractivity (Wildman–Crippen MR) is 97.7 cm³/mol. The molecule has 1 saturated heterocycles. The fourth-order valence-corrected chi connectivity index (χ4v) is 7.79. The summed E-state index contributed by atoms with van der Waals surface area (Å²) in [6, 6.07) is 0. The van der Waals surface area contributed by atoms with Gasteiger partial charge in [0, 0.05) is 31.1 Å². The van der Waals surface area contributed by atoms with E-state index < -0.39 is 5.79 Å². The summed E-state index contributed by atoms with van der Waals surface area (Å²) < 4.78 is 17.8. The topological polar surface area (TPSA) is 61.8 Å². The second-order valence-electron chi connectivity index (χ2n) is 9.86. The smallest absolute Gasteiger partial charge is 0.302 e. The number of hydrogen-bond donors (Lipinski definition) is 0. The number of ether oxygens (including phenoxy) is 3. The number of fused-ring (bicyclic) bond motifs is 6. The first-order valence-electron chi connectivity index (χ1n) is 10.9. The molecule has 0 N–H and O–H groups in total. The lowest BCUT2D eigenvalue weighted by Crippen LogP contribution is -2.56. The van der Waals surface area contributed by atoms with Gasteiger partial charge in [0.05, 0.1) is 13.2 Å². The lowest BCUT2D eigenvalue weighted by molar-refractivity contribution is -0.242. The SMILES string of the molecule is CC(=O)O[C@H]1CC[C@@H]2[C@H]3CC[C@@]4(C)[C@@H](CCC45OCCO5)[C@@H]3CC(=O)[C@H]2C1. The van der Waals surface area contributed by atoms with Crippen molar-refractivity contribution in [1.82, 2.24) is 0 Å². The van der Waals surface area contributed by atoms with E-state index in [9.17, 15) is 9.59 Å². The van der Waals surface area contributed by atoms with Crippen LogP contribution in [0.5, 0.6) is 0 Å². The van der Waals surface area contributed by atoms with Gasteiger partial charge in [-0.3, -0.25) is 9.59 Å². The maximum Gasteiger partial charge on any atom is 0.302 e. The van der Waals surface area contributed by atoms with Crippen LogP contribution in [0.15, 0.2) is 0 Å². The number of ketones is 1. The van der Waals surface area contributed by atoms with Crippen molar-refractivity contribution in [3.63, 3.8) is 0 Å². The Morgan fingerprint density at radius 1 is 1.04 bits per heavy atom. The fraction of sp³-hybridized carbons (Fsp3) is 0.909. The first-order chi connectivity index (χ1) is 12.9. The van der Waals surface area contributed by atoms with Gasteiger partial charge in [0.25, 0.3) is 0 Å². The van der Waals surface area contributed by atoms with Crippen LogP contribution in [0.25, 0.3) is 0 Å². The van der Waals surface area contributed by atoms with E-state index in [1.165, 1.54) is 13.3 Å². The molecule has 0 aromatic rings. The van der Waals surface area contributed by atoms with Crippen LogP contribution in [0.2, 0.25) is 0 Å². The molecule has 4 aliphatic carbocycles. The van der Waals surface area contributed by atoms with Gasteiger partial charge in [-0.2, -0.15) is 0 Å². The average Bonchev–Trinajstić information content (AvgIpc) is 3.22. The third-order valence-electron chi connectivity index (χ3n) is 8.88. The summed E-state index contributed by atoms with van der Waals surface area (Å²) in [5, 5.41) is 0. The van der Waals surface area contributed by atoms with Crippen LogP contribution in [0.3, 0.4) is 0 Å². The van der Waals surface area contributed by atoms with Crippen LogP contribution in [0, 0.1) is 35.0 Å². The van der Waals surface area contributed by atoms with Gasteiger partial charge in [-0.25, -0.2) is 0 Å². The summed E-state index contributed by atoms with van der Waals surface area (Å²) in [5.74, 6) is 2.03. The minimum absolute atomic E-state index is 0.0483. The second kappa shape index (κ2) is 6.28. The van der Waals surface area contributed by atoms with Crippen molar-refractivity contribution in [2.75, 3.05) is 13.2 Å². The molecule has 0 aromatic carbocycles. The predicted octanol–water partition coefficient (Wildman–Crippen LogP) is 3.49. The lowest BCUT2D eigenvalue weighted by Gasteiger charge is -2.56. The highest BCUT2D eigenvalue weighted by atomic mass is 16.7. The largest absolute Gasteiger partial charge is 0.463 e. The Hall–Kier alpha value is -0.940. The molecule has 5 fully saturated rings. The Morgan fingerprint density at radius 3 is 2.56 bits per heavy atom. The van der Waals surface area contributed by atoms with Gasteiger partial charge in [-0.15, -0.1) is 0 Å². The zero-order valence-corrected chi connectivity index (χ0v) is 16.6. The van der Waals surface area contributed by atoms with Gasteiger partial charge in [0.2, 0.25) is 0 Å². The van der Waals surface area contributed by atoms with E-state index in [2.05, 4.69) is 6.92 Å². The van der Waals surface area contributed by atoms with Crippen LogP contribution in [0.1, 0.15) is 65.2 Å². The second-order valence-corrected chi connectivity index (χ2v) is 9.86. The van der Waals surface area contributed by atoms with Gasteiger partial charge >= 0.3 is 5.97 Å². The maximum atomic E-state index is 13.1. The van der Waals surface area contributed by atoms with Crippen molar-refractivity contribution in [3.8, 4) is 0 Å². The van der Waals surface area contributed by atoms with Crippen LogP contribution in [-0.4, -0.2) is 36.9 Å².